The van der Waals surface area contributed by atoms with Crippen LogP contribution in [0.3, 0.4) is 0 Å². The Kier molecular flexibility index (Phi) is 6.06. The van der Waals surface area contributed by atoms with Gasteiger partial charge in [-0.25, -0.2) is 0 Å². The normalized spacial score (nSPS) is 27.7. The van der Waals surface area contributed by atoms with Gasteiger partial charge in [0, 0.05) is 25.6 Å². The Morgan fingerprint density at radius 2 is 1.78 bits per heavy atom. The number of hydrogen-bond donors (Lipinski definition) is 3. The number of nitrogens with zero attached hydrogens (tertiary/aromatic N) is 1. The summed E-state index contributed by atoms with van der Waals surface area (Å²) in [6.45, 7) is -0.293. The molecule has 0 radical (unpaired) electrons. The molecule has 0 bridgehead atoms. The van der Waals surface area contributed by atoms with Gasteiger partial charge >= 0.3 is 0 Å². The number of amides is 1. The van der Waals surface area contributed by atoms with Gasteiger partial charge in [0.25, 0.3) is 0 Å². The zero-order valence-electron chi connectivity index (χ0n) is 20.8. The van der Waals surface area contributed by atoms with Crippen LogP contribution in [0.15, 0.2) is 66.7 Å². The Hall–Kier alpha value is -3.72. The maximum Gasteiger partial charge on any atom is 0.228 e. The smallest absolute Gasteiger partial charge is 0.228 e. The lowest BCUT2D eigenvalue weighted by Gasteiger charge is -2.41. The number of aldehydes is 1. The first-order valence-corrected chi connectivity index (χ1v) is 12.0. The average molecular weight is 504 g/mol. The number of hydrogen-bond acceptors (Lipinski definition) is 7. The fraction of sp³-hybridized carbons (Fsp3) is 0.310. The second kappa shape index (κ2) is 8.99. The van der Waals surface area contributed by atoms with E-state index in [2.05, 4.69) is 0 Å². The summed E-state index contributed by atoms with van der Waals surface area (Å²) in [6, 6.07) is 18.9. The Labute approximate surface area is 214 Å². The van der Waals surface area contributed by atoms with Gasteiger partial charge in [-0.1, -0.05) is 54.6 Å². The molecule has 1 aliphatic heterocycles. The van der Waals surface area contributed by atoms with E-state index in [-0.39, 0.29) is 29.6 Å². The lowest BCUT2D eigenvalue weighted by Crippen LogP contribution is -2.52. The molecule has 1 amide bonds. The van der Waals surface area contributed by atoms with Gasteiger partial charge in [0.15, 0.2) is 11.2 Å². The van der Waals surface area contributed by atoms with Gasteiger partial charge in [0.05, 0.1) is 25.2 Å². The monoisotopic (exact) mass is 503 g/mol. The number of aliphatic hydroxyl groups is 3. The molecular weight excluding hydrogens is 474 g/mol. The van der Waals surface area contributed by atoms with E-state index in [9.17, 15) is 24.9 Å². The maximum absolute atomic E-state index is 13.6. The summed E-state index contributed by atoms with van der Waals surface area (Å²) in [6.07, 6.45) is -0.876. The first-order chi connectivity index (χ1) is 17.7. The fourth-order valence-corrected chi connectivity index (χ4v) is 6.10. The van der Waals surface area contributed by atoms with Crippen LogP contribution in [0, 0.1) is 5.92 Å². The standard InChI is InChI=1S/C29H29NO7/c1-30(2)27(34)23-24(19-7-5-4-6-8-19)29(20-11-9-17(15-31)10-12-20)28(35,26(23)33)25-21(36-3)13-18(16-32)14-22(25)37-29/h4-15,23-24,26,32-33,35H,16H2,1-3H3/t23-,24-,26-,28+,29+/m1/s1. The minimum atomic E-state index is -2.12. The van der Waals surface area contributed by atoms with Gasteiger partial charge < -0.3 is 29.7 Å². The molecule has 3 aromatic carbocycles. The number of benzene rings is 3. The van der Waals surface area contributed by atoms with Crippen LogP contribution < -0.4 is 9.47 Å². The number of ether oxygens (including phenoxy) is 2. The molecule has 2 aliphatic rings. The van der Waals surface area contributed by atoms with Crippen LogP contribution in [0.25, 0.3) is 0 Å². The van der Waals surface area contributed by atoms with E-state index in [1.165, 1.54) is 12.0 Å². The van der Waals surface area contributed by atoms with E-state index in [0.717, 1.165) is 0 Å². The third kappa shape index (κ3) is 3.33. The highest BCUT2D eigenvalue weighted by Crippen LogP contribution is 2.70. The third-order valence-electron chi connectivity index (χ3n) is 7.67. The van der Waals surface area contributed by atoms with E-state index in [0.29, 0.717) is 28.5 Å². The molecule has 5 atom stereocenters. The highest BCUT2D eigenvalue weighted by Gasteiger charge is 2.78. The van der Waals surface area contributed by atoms with Crippen LogP contribution in [0.1, 0.15) is 38.5 Å². The molecule has 1 saturated carbocycles. The maximum atomic E-state index is 13.6. The van der Waals surface area contributed by atoms with Crippen molar-refractivity contribution >= 4 is 12.2 Å². The summed E-state index contributed by atoms with van der Waals surface area (Å²) >= 11 is 0. The van der Waals surface area contributed by atoms with Crippen molar-refractivity contribution in [2.75, 3.05) is 21.2 Å². The Balaban J connectivity index is 1.89. The molecule has 0 saturated heterocycles. The summed E-state index contributed by atoms with van der Waals surface area (Å²) in [5, 5.41) is 34.5. The highest BCUT2D eigenvalue weighted by atomic mass is 16.5. The van der Waals surface area contributed by atoms with E-state index < -0.39 is 29.1 Å². The molecule has 8 nitrogen and oxygen atoms in total. The molecule has 5 rings (SSSR count). The van der Waals surface area contributed by atoms with Crippen molar-refractivity contribution in [2.45, 2.75) is 29.8 Å². The number of aliphatic hydroxyl groups excluding tert-OH is 2. The van der Waals surface area contributed by atoms with Crippen LogP contribution >= 0.6 is 0 Å². The van der Waals surface area contributed by atoms with Gasteiger partial charge in [-0.05, 0) is 28.8 Å². The van der Waals surface area contributed by atoms with Gasteiger partial charge in [-0.15, -0.1) is 0 Å². The van der Waals surface area contributed by atoms with Crippen LogP contribution in [0.2, 0.25) is 0 Å². The quantitative estimate of drug-likeness (QED) is 0.442. The van der Waals surface area contributed by atoms with Gasteiger partial charge in [-0.3, -0.25) is 9.59 Å². The molecule has 37 heavy (non-hydrogen) atoms. The van der Waals surface area contributed by atoms with E-state index in [1.807, 2.05) is 30.3 Å². The summed E-state index contributed by atoms with van der Waals surface area (Å²) in [5.41, 5.74) is -1.50. The number of methoxy groups -OCH3 is 1. The summed E-state index contributed by atoms with van der Waals surface area (Å²) in [5.74, 6) is -1.83. The van der Waals surface area contributed by atoms with Crippen molar-refractivity contribution in [1.29, 1.82) is 0 Å². The van der Waals surface area contributed by atoms with Crippen molar-refractivity contribution < 1.29 is 34.4 Å². The third-order valence-corrected chi connectivity index (χ3v) is 7.67. The topological polar surface area (TPSA) is 117 Å². The Morgan fingerprint density at radius 3 is 2.35 bits per heavy atom. The van der Waals surface area contributed by atoms with E-state index in [4.69, 9.17) is 9.47 Å². The molecule has 1 fully saturated rings. The number of carbonyl (C=O) groups is 2. The summed E-state index contributed by atoms with van der Waals surface area (Å²) in [7, 11) is 4.63. The highest BCUT2D eigenvalue weighted by molar-refractivity contribution is 5.83. The number of rotatable bonds is 6. The fourth-order valence-electron chi connectivity index (χ4n) is 6.10. The minimum Gasteiger partial charge on any atom is -0.496 e. The molecule has 1 aliphatic carbocycles. The van der Waals surface area contributed by atoms with E-state index in [1.54, 1.807) is 50.5 Å². The van der Waals surface area contributed by atoms with Crippen molar-refractivity contribution in [2.24, 2.45) is 5.92 Å². The first kappa shape index (κ1) is 25.0. The van der Waals surface area contributed by atoms with Crippen molar-refractivity contribution in [3.8, 4) is 11.5 Å². The van der Waals surface area contributed by atoms with Gasteiger partial charge in [0.1, 0.15) is 23.9 Å². The molecular formula is C29H29NO7. The number of fused-ring (bicyclic) bond motifs is 3. The molecule has 0 aromatic heterocycles. The van der Waals surface area contributed by atoms with Gasteiger partial charge in [-0.2, -0.15) is 0 Å². The van der Waals surface area contributed by atoms with Crippen LogP contribution in [-0.2, 0) is 22.6 Å². The predicted octanol–water partition coefficient (Wildman–Crippen LogP) is 2.34. The lowest BCUT2D eigenvalue weighted by molar-refractivity contribution is -0.156. The average Bonchev–Trinajstić information content (AvgIpc) is 3.30. The molecule has 0 unspecified atom stereocenters. The molecule has 1 heterocycles. The number of carbonyl (C=O) groups excluding carboxylic acids is 2. The van der Waals surface area contributed by atoms with Gasteiger partial charge in [0.2, 0.25) is 5.91 Å². The Bertz CT molecular complexity index is 1340. The second-order valence-corrected chi connectivity index (χ2v) is 9.76. The molecule has 0 spiro atoms. The zero-order valence-corrected chi connectivity index (χ0v) is 20.8. The van der Waals surface area contributed by atoms with Crippen LogP contribution in [0.4, 0.5) is 0 Å². The van der Waals surface area contributed by atoms with Crippen molar-refractivity contribution in [1.82, 2.24) is 4.90 Å². The predicted molar refractivity (Wildman–Crippen MR) is 134 cm³/mol. The minimum absolute atomic E-state index is 0.203. The largest absolute Gasteiger partial charge is 0.496 e. The summed E-state index contributed by atoms with van der Waals surface area (Å²) < 4.78 is 12.3. The SMILES string of the molecule is COc1cc(CO)cc2c1[C@]1(O)[C@H](O)[C@H](C(=O)N(C)C)[C@@H](c3ccccc3)[C@]1(c1ccc(C=O)cc1)O2. The van der Waals surface area contributed by atoms with Crippen LogP contribution in [-0.4, -0.2) is 59.7 Å². The molecule has 3 aromatic rings. The second-order valence-electron chi connectivity index (χ2n) is 9.76. The van der Waals surface area contributed by atoms with Crippen molar-refractivity contribution in [3.05, 3.63) is 94.5 Å². The molecule has 3 N–H and O–H groups in total. The lowest BCUT2D eigenvalue weighted by atomic mass is 9.70. The van der Waals surface area contributed by atoms with Crippen molar-refractivity contribution in [3.63, 3.8) is 0 Å². The first-order valence-electron chi connectivity index (χ1n) is 12.0. The van der Waals surface area contributed by atoms with E-state index >= 15 is 0 Å². The molecule has 192 valence electrons. The Morgan fingerprint density at radius 1 is 1.11 bits per heavy atom. The molecule has 8 heteroatoms. The zero-order chi connectivity index (χ0) is 26.5. The summed E-state index contributed by atoms with van der Waals surface area (Å²) in [4.78, 5) is 26.4. The van der Waals surface area contributed by atoms with Crippen LogP contribution in [0.5, 0.6) is 11.5 Å².